The van der Waals surface area contributed by atoms with E-state index in [4.69, 9.17) is 22.0 Å². The zero-order valence-corrected chi connectivity index (χ0v) is 8.52. The third-order valence-corrected chi connectivity index (χ3v) is 2.24. The average Bonchev–Trinajstić information content (AvgIpc) is 2.26. The van der Waals surface area contributed by atoms with E-state index in [1.165, 1.54) is 18.2 Å². The Labute approximate surface area is 92.0 Å². The molecule has 0 saturated carbocycles. The van der Waals surface area contributed by atoms with Gasteiger partial charge in [0.25, 0.3) is 0 Å². The molecule has 0 fully saturated rings. The SMILES string of the molecule is N#Cc1cc(Cl)ccc1C(O)C(O)CO. The third-order valence-electron chi connectivity index (χ3n) is 2.01. The van der Waals surface area contributed by atoms with Crippen LogP contribution in [0.25, 0.3) is 0 Å². The summed E-state index contributed by atoms with van der Waals surface area (Å²) >= 11 is 5.67. The van der Waals surface area contributed by atoms with Crippen molar-refractivity contribution in [3.63, 3.8) is 0 Å². The van der Waals surface area contributed by atoms with Crippen molar-refractivity contribution in [2.45, 2.75) is 12.2 Å². The molecule has 1 aromatic carbocycles. The van der Waals surface area contributed by atoms with Gasteiger partial charge in [-0.3, -0.25) is 0 Å². The molecule has 0 heterocycles. The van der Waals surface area contributed by atoms with Crippen LogP contribution in [0.5, 0.6) is 0 Å². The smallest absolute Gasteiger partial charge is 0.108 e. The fraction of sp³-hybridized carbons (Fsp3) is 0.300. The zero-order valence-electron chi connectivity index (χ0n) is 7.76. The highest BCUT2D eigenvalue weighted by Crippen LogP contribution is 2.23. The Balaban J connectivity index is 3.09. The number of hydrogen-bond acceptors (Lipinski definition) is 4. The van der Waals surface area contributed by atoms with Gasteiger partial charge in [0.2, 0.25) is 0 Å². The molecule has 0 aromatic heterocycles. The third kappa shape index (κ3) is 2.67. The molecule has 15 heavy (non-hydrogen) atoms. The van der Waals surface area contributed by atoms with Crippen LogP contribution >= 0.6 is 11.6 Å². The average molecular weight is 228 g/mol. The summed E-state index contributed by atoms with van der Waals surface area (Å²) in [4.78, 5) is 0. The van der Waals surface area contributed by atoms with E-state index in [2.05, 4.69) is 0 Å². The van der Waals surface area contributed by atoms with E-state index in [1.54, 1.807) is 0 Å². The molecule has 2 atom stereocenters. The molecule has 4 nitrogen and oxygen atoms in total. The van der Waals surface area contributed by atoms with Crippen LogP contribution in [-0.2, 0) is 0 Å². The molecule has 0 spiro atoms. The lowest BCUT2D eigenvalue weighted by atomic mass is 10.00. The molecule has 0 radical (unpaired) electrons. The Morgan fingerprint density at radius 3 is 2.60 bits per heavy atom. The van der Waals surface area contributed by atoms with E-state index >= 15 is 0 Å². The first-order valence-corrected chi connectivity index (χ1v) is 4.64. The quantitative estimate of drug-likeness (QED) is 0.706. The topological polar surface area (TPSA) is 84.5 Å². The summed E-state index contributed by atoms with van der Waals surface area (Å²) < 4.78 is 0. The van der Waals surface area contributed by atoms with Crippen molar-refractivity contribution in [2.75, 3.05) is 6.61 Å². The number of hydrogen-bond donors (Lipinski definition) is 3. The van der Waals surface area contributed by atoms with Gasteiger partial charge in [-0.15, -0.1) is 0 Å². The number of rotatable bonds is 3. The molecule has 0 aliphatic carbocycles. The Morgan fingerprint density at radius 1 is 1.40 bits per heavy atom. The van der Waals surface area contributed by atoms with Crippen molar-refractivity contribution < 1.29 is 15.3 Å². The van der Waals surface area contributed by atoms with Gasteiger partial charge >= 0.3 is 0 Å². The monoisotopic (exact) mass is 227 g/mol. The molecule has 0 aliphatic heterocycles. The van der Waals surface area contributed by atoms with Crippen LogP contribution in [0, 0.1) is 11.3 Å². The van der Waals surface area contributed by atoms with Crippen molar-refractivity contribution >= 4 is 11.6 Å². The first kappa shape index (κ1) is 12.0. The maximum Gasteiger partial charge on any atom is 0.108 e. The van der Waals surface area contributed by atoms with Gasteiger partial charge in [-0.05, 0) is 12.1 Å². The summed E-state index contributed by atoms with van der Waals surface area (Å²) in [6, 6.07) is 6.21. The minimum atomic E-state index is -1.31. The lowest BCUT2D eigenvalue weighted by Crippen LogP contribution is -2.22. The normalized spacial score (nSPS) is 14.3. The Morgan fingerprint density at radius 2 is 2.07 bits per heavy atom. The summed E-state index contributed by atoms with van der Waals surface area (Å²) in [5.41, 5.74) is 0.436. The van der Waals surface area contributed by atoms with Crippen molar-refractivity contribution in [3.05, 3.63) is 34.3 Å². The van der Waals surface area contributed by atoms with Crippen LogP contribution in [0.15, 0.2) is 18.2 Å². The largest absolute Gasteiger partial charge is 0.394 e. The minimum absolute atomic E-state index is 0.183. The molecular weight excluding hydrogens is 218 g/mol. The Hall–Kier alpha value is -1.12. The fourth-order valence-electron chi connectivity index (χ4n) is 1.19. The van der Waals surface area contributed by atoms with E-state index in [-0.39, 0.29) is 11.1 Å². The molecule has 1 rings (SSSR count). The molecule has 5 heteroatoms. The molecule has 0 amide bonds. The second-order valence-electron chi connectivity index (χ2n) is 3.04. The van der Waals surface area contributed by atoms with E-state index < -0.39 is 18.8 Å². The van der Waals surface area contributed by atoms with E-state index in [0.717, 1.165) is 0 Å². The lowest BCUT2D eigenvalue weighted by molar-refractivity contribution is -0.0153. The van der Waals surface area contributed by atoms with Crippen LogP contribution in [0.3, 0.4) is 0 Å². The molecule has 2 unspecified atom stereocenters. The molecule has 0 bridgehead atoms. The maximum atomic E-state index is 9.59. The lowest BCUT2D eigenvalue weighted by Gasteiger charge is -2.16. The second kappa shape index (κ2) is 5.10. The van der Waals surface area contributed by atoms with Gasteiger partial charge in [-0.25, -0.2) is 0 Å². The van der Waals surface area contributed by atoms with Gasteiger partial charge in [0.1, 0.15) is 12.2 Å². The number of benzene rings is 1. The number of nitrogens with zero attached hydrogens (tertiary/aromatic N) is 1. The zero-order chi connectivity index (χ0) is 11.4. The predicted octanol–water partition coefficient (Wildman–Crippen LogP) is 0.598. The highest BCUT2D eigenvalue weighted by atomic mass is 35.5. The van der Waals surface area contributed by atoms with Crippen molar-refractivity contribution in [1.82, 2.24) is 0 Å². The number of aliphatic hydroxyl groups excluding tert-OH is 3. The molecular formula is C10H10ClNO3. The number of aliphatic hydroxyl groups is 3. The van der Waals surface area contributed by atoms with Crippen molar-refractivity contribution in [1.29, 1.82) is 5.26 Å². The van der Waals surface area contributed by atoms with Gasteiger partial charge in [0.15, 0.2) is 0 Å². The summed E-state index contributed by atoms with van der Waals surface area (Å²) in [7, 11) is 0. The van der Waals surface area contributed by atoms with Gasteiger partial charge < -0.3 is 15.3 Å². The molecule has 1 aromatic rings. The second-order valence-corrected chi connectivity index (χ2v) is 3.47. The summed E-state index contributed by atoms with van der Waals surface area (Å²) in [6.45, 7) is -0.575. The molecule has 80 valence electrons. The van der Waals surface area contributed by atoms with Crippen LogP contribution in [0.1, 0.15) is 17.2 Å². The van der Waals surface area contributed by atoms with Crippen LogP contribution in [0.2, 0.25) is 5.02 Å². The van der Waals surface area contributed by atoms with Crippen LogP contribution in [-0.4, -0.2) is 28.0 Å². The molecule has 0 saturated heterocycles. The molecule has 3 N–H and O–H groups in total. The standard InChI is InChI=1S/C10H10ClNO3/c11-7-1-2-8(6(3-7)4-12)10(15)9(14)5-13/h1-3,9-10,13-15H,5H2. The van der Waals surface area contributed by atoms with E-state index in [0.29, 0.717) is 5.02 Å². The number of halogens is 1. The maximum absolute atomic E-state index is 9.59. The van der Waals surface area contributed by atoms with Gasteiger partial charge in [0, 0.05) is 10.6 Å². The van der Waals surface area contributed by atoms with Crippen molar-refractivity contribution in [2.24, 2.45) is 0 Å². The highest BCUT2D eigenvalue weighted by Gasteiger charge is 2.20. The van der Waals surface area contributed by atoms with Crippen LogP contribution in [0.4, 0.5) is 0 Å². The fourth-order valence-corrected chi connectivity index (χ4v) is 1.36. The van der Waals surface area contributed by atoms with Gasteiger partial charge in [-0.1, -0.05) is 17.7 Å². The molecule has 0 aliphatic rings. The van der Waals surface area contributed by atoms with Gasteiger partial charge in [0.05, 0.1) is 18.2 Å². The minimum Gasteiger partial charge on any atom is -0.394 e. The summed E-state index contributed by atoms with van der Waals surface area (Å²) in [5.74, 6) is 0. The Bertz CT molecular complexity index is 389. The van der Waals surface area contributed by atoms with E-state index in [1.807, 2.05) is 6.07 Å². The summed E-state index contributed by atoms with van der Waals surface area (Å²) in [5, 5.41) is 36.6. The first-order chi connectivity index (χ1) is 7.10. The number of nitriles is 1. The Kier molecular flexibility index (Phi) is 4.06. The van der Waals surface area contributed by atoms with Crippen LogP contribution < -0.4 is 0 Å². The van der Waals surface area contributed by atoms with Crippen molar-refractivity contribution in [3.8, 4) is 6.07 Å². The first-order valence-electron chi connectivity index (χ1n) is 4.26. The summed E-state index contributed by atoms with van der Waals surface area (Å²) in [6.07, 6.45) is -2.60. The highest BCUT2D eigenvalue weighted by molar-refractivity contribution is 6.30. The van der Waals surface area contributed by atoms with Gasteiger partial charge in [-0.2, -0.15) is 5.26 Å². The van der Waals surface area contributed by atoms with E-state index in [9.17, 15) is 10.2 Å². The predicted molar refractivity (Wildman–Crippen MR) is 54.2 cm³/mol.